The summed E-state index contributed by atoms with van der Waals surface area (Å²) >= 11 is 0. The number of benzene rings is 2. The van der Waals surface area contributed by atoms with Gasteiger partial charge < -0.3 is 14.8 Å². The minimum Gasteiger partial charge on any atom is -0.461 e. The van der Waals surface area contributed by atoms with E-state index in [9.17, 15) is 14.4 Å². The van der Waals surface area contributed by atoms with Gasteiger partial charge in [-0.05, 0) is 51.8 Å². The average molecular weight is 411 g/mol. The second kappa shape index (κ2) is 10.6. The number of esters is 2. The van der Waals surface area contributed by atoms with Crippen molar-refractivity contribution in [3.05, 3.63) is 71.3 Å². The van der Waals surface area contributed by atoms with Crippen LogP contribution in [0.5, 0.6) is 0 Å². The van der Waals surface area contributed by atoms with Crippen molar-refractivity contribution in [3.63, 3.8) is 0 Å². The summed E-state index contributed by atoms with van der Waals surface area (Å²) in [7, 11) is 0. The van der Waals surface area contributed by atoms with Crippen LogP contribution in [0.1, 0.15) is 55.1 Å². The molecule has 0 fully saturated rings. The van der Waals surface area contributed by atoms with E-state index in [0.717, 1.165) is 11.1 Å². The lowest BCUT2D eigenvalue weighted by atomic mass is 10.1. The van der Waals surface area contributed by atoms with E-state index in [0.29, 0.717) is 5.56 Å². The number of ether oxygens (including phenoxy) is 2. The van der Waals surface area contributed by atoms with Crippen LogP contribution < -0.4 is 5.32 Å². The predicted octanol–water partition coefficient (Wildman–Crippen LogP) is 3.96. The van der Waals surface area contributed by atoms with Gasteiger partial charge in [0, 0.05) is 12.0 Å². The number of hydrogen-bond donors (Lipinski definition) is 1. The number of rotatable bonds is 8. The Morgan fingerprint density at radius 1 is 0.967 bits per heavy atom. The molecule has 0 radical (unpaired) electrons. The van der Waals surface area contributed by atoms with E-state index in [-0.39, 0.29) is 19.4 Å². The van der Waals surface area contributed by atoms with E-state index in [4.69, 9.17) is 9.47 Å². The molecule has 0 bridgehead atoms. The molecule has 6 heteroatoms. The fourth-order valence-corrected chi connectivity index (χ4v) is 2.64. The Morgan fingerprint density at radius 2 is 1.60 bits per heavy atom. The maximum atomic E-state index is 12.6. The lowest BCUT2D eigenvalue weighted by Crippen LogP contribution is -2.44. The Labute approximate surface area is 177 Å². The Hall–Kier alpha value is -3.15. The monoisotopic (exact) mass is 411 g/mol. The molecule has 30 heavy (non-hydrogen) atoms. The highest BCUT2D eigenvalue weighted by atomic mass is 16.6. The zero-order chi connectivity index (χ0) is 22.1. The number of nitrogens with one attached hydrogen (secondary N) is 1. The second-order valence-electron chi connectivity index (χ2n) is 8.11. The van der Waals surface area contributed by atoms with Crippen LogP contribution in [0.2, 0.25) is 0 Å². The summed E-state index contributed by atoms with van der Waals surface area (Å²) in [5.41, 5.74) is 1.62. The van der Waals surface area contributed by atoms with Crippen LogP contribution in [0.25, 0.3) is 0 Å². The van der Waals surface area contributed by atoms with Crippen molar-refractivity contribution < 1.29 is 23.9 Å². The second-order valence-corrected chi connectivity index (χ2v) is 8.11. The van der Waals surface area contributed by atoms with Gasteiger partial charge in [-0.15, -0.1) is 0 Å². The SMILES string of the molecule is Cc1ccc(C(=O)NC(CCC(=O)OCc2ccccc2)C(=O)OC(C)(C)C)cc1. The van der Waals surface area contributed by atoms with E-state index in [2.05, 4.69) is 5.32 Å². The Balaban J connectivity index is 1.98. The first kappa shape index (κ1) is 23.1. The van der Waals surface area contributed by atoms with Gasteiger partial charge in [0.1, 0.15) is 18.2 Å². The van der Waals surface area contributed by atoms with Gasteiger partial charge in [-0.1, -0.05) is 48.0 Å². The molecule has 160 valence electrons. The first-order valence-corrected chi connectivity index (χ1v) is 9.94. The largest absolute Gasteiger partial charge is 0.461 e. The molecule has 0 heterocycles. The fraction of sp³-hybridized carbons (Fsp3) is 0.375. The maximum absolute atomic E-state index is 12.6. The molecule has 2 aromatic rings. The van der Waals surface area contributed by atoms with Crippen LogP contribution >= 0.6 is 0 Å². The molecule has 0 aromatic heterocycles. The number of aryl methyl sites for hydroxylation is 1. The van der Waals surface area contributed by atoms with E-state index in [1.54, 1.807) is 32.9 Å². The number of carbonyl (C=O) groups is 3. The molecule has 0 saturated heterocycles. The molecule has 1 atom stereocenters. The minimum absolute atomic E-state index is 0.0229. The van der Waals surface area contributed by atoms with E-state index in [1.807, 2.05) is 49.4 Å². The molecule has 1 N–H and O–H groups in total. The van der Waals surface area contributed by atoms with Crippen LogP contribution in [0.3, 0.4) is 0 Å². The molecule has 0 saturated carbocycles. The van der Waals surface area contributed by atoms with Gasteiger partial charge in [0.25, 0.3) is 5.91 Å². The van der Waals surface area contributed by atoms with E-state index >= 15 is 0 Å². The highest BCUT2D eigenvalue weighted by Crippen LogP contribution is 2.13. The summed E-state index contributed by atoms with van der Waals surface area (Å²) in [6.45, 7) is 7.33. The number of carbonyl (C=O) groups excluding carboxylic acids is 3. The van der Waals surface area contributed by atoms with Crippen molar-refractivity contribution in [1.29, 1.82) is 0 Å². The summed E-state index contributed by atoms with van der Waals surface area (Å²) < 4.78 is 10.7. The molecule has 2 rings (SSSR count). The molecule has 1 amide bonds. The summed E-state index contributed by atoms with van der Waals surface area (Å²) in [5, 5.41) is 2.68. The normalized spacial score (nSPS) is 12.0. The molecular weight excluding hydrogens is 382 g/mol. The third kappa shape index (κ3) is 8.07. The van der Waals surface area contributed by atoms with E-state index < -0.39 is 29.5 Å². The lowest BCUT2D eigenvalue weighted by molar-refractivity contribution is -0.157. The lowest BCUT2D eigenvalue weighted by Gasteiger charge is -2.24. The van der Waals surface area contributed by atoms with E-state index in [1.165, 1.54) is 0 Å². The Morgan fingerprint density at radius 3 is 2.20 bits per heavy atom. The predicted molar refractivity (Wildman–Crippen MR) is 114 cm³/mol. The van der Waals surface area contributed by atoms with Crippen LogP contribution in [0.15, 0.2) is 54.6 Å². The molecule has 0 aliphatic heterocycles. The first-order valence-electron chi connectivity index (χ1n) is 9.94. The van der Waals surface area contributed by atoms with Crippen molar-refractivity contribution in [1.82, 2.24) is 5.32 Å². The standard InChI is InChI=1S/C24H29NO5/c1-17-10-12-19(13-11-17)22(27)25-20(23(28)30-24(2,3)4)14-15-21(26)29-16-18-8-6-5-7-9-18/h5-13,20H,14-16H2,1-4H3,(H,25,27). The molecule has 6 nitrogen and oxygen atoms in total. The van der Waals surface area contributed by atoms with Crippen molar-refractivity contribution in [3.8, 4) is 0 Å². The third-order valence-electron chi connectivity index (χ3n) is 4.19. The van der Waals surface area contributed by atoms with Crippen LogP contribution in [0, 0.1) is 6.92 Å². The van der Waals surface area contributed by atoms with Gasteiger partial charge >= 0.3 is 11.9 Å². The van der Waals surface area contributed by atoms with Crippen LogP contribution in [-0.4, -0.2) is 29.5 Å². The smallest absolute Gasteiger partial charge is 0.329 e. The summed E-state index contributed by atoms with van der Waals surface area (Å²) in [6.07, 6.45) is 0.0606. The minimum atomic E-state index is -0.956. The highest BCUT2D eigenvalue weighted by Gasteiger charge is 2.27. The highest BCUT2D eigenvalue weighted by molar-refractivity contribution is 5.96. The maximum Gasteiger partial charge on any atom is 0.329 e. The van der Waals surface area contributed by atoms with Gasteiger partial charge in [0.2, 0.25) is 0 Å². The molecular formula is C24H29NO5. The topological polar surface area (TPSA) is 81.7 Å². The summed E-state index contributed by atoms with van der Waals surface area (Å²) in [6, 6.07) is 15.4. The van der Waals surface area contributed by atoms with Crippen LogP contribution in [0.4, 0.5) is 0 Å². The average Bonchev–Trinajstić information content (AvgIpc) is 2.69. The first-order chi connectivity index (χ1) is 14.1. The summed E-state index contributed by atoms with van der Waals surface area (Å²) in [4.78, 5) is 37.3. The van der Waals surface area contributed by atoms with Gasteiger partial charge in [-0.2, -0.15) is 0 Å². The van der Waals surface area contributed by atoms with Gasteiger partial charge in [0.05, 0.1) is 0 Å². The summed E-state index contributed by atoms with van der Waals surface area (Å²) in [5.74, 6) is -1.43. The third-order valence-corrected chi connectivity index (χ3v) is 4.19. The molecule has 2 aromatic carbocycles. The van der Waals surface area contributed by atoms with Crippen molar-refractivity contribution in [2.24, 2.45) is 0 Å². The van der Waals surface area contributed by atoms with Gasteiger partial charge in [-0.25, -0.2) is 4.79 Å². The molecule has 1 unspecified atom stereocenters. The zero-order valence-electron chi connectivity index (χ0n) is 17.9. The zero-order valence-corrected chi connectivity index (χ0v) is 17.9. The van der Waals surface area contributed by atoms with Gasteiger partial charge in [-0.3, -0.25) is 9.59 Å². The molecule has 0 aliphatic rings. The number of hydrogen-bond acceptors (Lipinski definition) is 5. The fourth-order valence-electron chi connectivity index (χ4n) is 2.64. The van der Waals surface area contributed by atoms with Crippen molar-refractivity contribution >= 4 is 17.8 Å². The van der Waals surface area contributed by atoms with Crippen molar-refractivity contribution in [2.75, 3.05) is 0 Å². The van der Waals surface area contributed by atoms with Crippen molar-refractivity contribution in [2.45, 2.75) is 58.8 Å². The van der Waals surface area contributed by atoms with Crippen LogP contribution in [-0.2, 0) is 25.7 Å². The quantitative estimate of drug-likeness (QED) is 0.665. The number of amides is 1. The Kier molecular flexibility index (Phi) is 8.16. The molecule has 0 spiro atoms. The van der Waals surface area contributed by atoms with Gasteiger partial charge in [0.15, 0.2) is 0 Å². The Bertz CT molecular complexity index is 853. The molecule has 0 aliphatic carbocycles.